The topological polar surface area (TPSA) is 30.5 Å². The van der Waals surface area contributed by atoms with Crippen LogP contribution in [0.1, 0.15) is 6.42 Å². The van der Waals surface area contributed by atoms with Crippen LogP contribution in [0.2, 0.25) is 0 Å². The molecule has 3 heteroatoms. The molecule has 2 fully saturated rings. The Labute approximate surface area is 67.1 Å². The summed E-state index contributed by atoms with van der Waals surface area (Å²) >= 11 is 0. The third-order valence-corrected chi connectivity index (χ3v) is 2.72. The summed E-state index contributed by atoms with van der Waals surface area (Å²) in [5.74, 6) is 1.33. The van der Waals surface area contributed by atoms with Gasteiger partial charge in [-0.15, -0.1) is 0 Å². The minimum absolute atomic E-state index is 0.0714. The zero-order chi connectivity index (χ0) is 7.68. The van der Waals surface area contributed by atoms with Gasteiger partial charge in [0, 0.05) is 25.5 Å². The van der Waals surface area contributed by atoms with Crippen LogP contribution in [-0.2, 0) is 9.47 Å². The van der Waals surface area contributed by atoms with Crippen LogP contribution in [0.3, 0.4) is 0 Å². The molecule has 0 aromatic rings. The van der Waals surface area contributed by atoms with Crippen LogP contribution in [0.15, 0.2) is 0 Å². The van der Waals surface area contributed by atoms with Crippen molar-refractivity contribution in [3.63, 3.8) is 0 Å². The first kappa shape index (κ1) is 7.53. The van der Waals surface area contributed by atoms with Gasteiger partial charge in [-0.3, -0.25) is 0 Å². The summed E-state index contributed by atoms with van der Waals surface area (Å²) in [5.41, 5.74) is 0. The molecule has 0 saturated carbocycles. The van der Waals surface area contributed by atoms with Crippen molar-refractivity contribution in [2.24, 2.45) is 11.8 Å². The standard InChI is InChI=1S/C8H15NO2/c1-10-8-7-2-3-9-4-6(7)5-11-8/h6-9H,2-5H2,1H3. The molecule has 11 heavy (non-hydrogen) atoms. The minimum Gasteiger partial charge on any atom is -0.356 e. The molecule has 3 atom stereocenters. The van der Waals surface area contributed by atoms with E-state index in [4.69, 9.17) is 9.47 Å². The molecule has 64 valence electrons. The monoisotopic (exact) mass is 157 g/mol. The maximum Gasteiger partial charge on any atom is 0.160 e. The second-order valence-corrected chi connectivity index (χ2v) is 3.35. The fraction of sp³-hybridized carbons (Fsp3) is 1.00. The predicted octanol–water partition coefficient (Wildman–Crippen LogP) is 0.215. The van der Waals surface area contributed by atoms with Crippen molar-refractivity contribution in [3.05, 3.63) is 0 Å². The van der Waals surface area contributed by atoms with E-state index in [1.807, 2.05) is 0 Å². The second-order valence-electron chi connectivity index (χ2n) is 3.35. The van der Waals surface area contributed by atoms with Gasteiger partial charge in [0.1, 0.15) is 0 Å². The zero-order valence-corrected chi connectivity index (χ0v) is 6.88. The molecule has 1 N–H and O–H groups in total. The van der Waals surface area contributed by atoms with E-state index in [1.54, 1.807) is 7.11 Å². The highest BCUT2D eigenvalue weighted by Gasteiger charge is 2.38. The lowest BCUT2D eigenvalue weighted by atomic mass is 9.89. The van der Waals surface area contributed by atoms with E-state index in [-0.39, 0.29) is 6.29 Å². The van der Waals surface area contributed by atoms with Crippen molar-refractivity contribution >= 4 is 0 Å². The molecular weight excluding hydrogens is 142 g/mol. The first-order valence-electron chi connectivity index (χ1n) is 4.27. The smallest absolute Gasteiger partial charge is 0.160 e. The van der Waals surface area contributed by atoms with Crippen LogP contribution >= 0.6 is 0 Å². The number of fused-ring (bicyclic) bond motifs is 1. The van der Waals surface area contributed by atoms with Gasteiger partial charge in [-0.1, -0.05) is 0 Å². The highest BCUT2D eigenvalue weighted by Crippen LogP contribution is 2.31. The van der Waals surface area contributed by atoms with Crippen LogP contribution < -0.4 is 5.32 Å². The molecular formula is C8H15NO2. The van der Waals surface area contributed by atoms with Crippen molar-refractivity contribution < 1.29 is 9.47 Å². The lowest BCUT2D eigenvalue weighted by Crippen LogP contribution is -2.38. The number of hydrogen-bond acceptors (Lipinski definition) is 3. The van der Waals surface area contributed by atoms with Crippen LogP contribution in [0.25, 0.3) is 0 Å². The Morgan fingerprint density at radius 2 is 2.45 bits per heavy atom. The summed E-state index contributed by atoms with van der Waals surface area (Å²) in [6.45, 7) is 3.09. The molecule has 2 rings (SSSR count). The molecule has 0 aliphatic carbocycles. The van der Waals surface area contributed by atoms with Crippen LogP contribution in [0.4, 0.5) is 0 Å². The van der Waals surface area contributed by atoms with E-state index >= 15 is 0 Å². The summed E-state index contributed by atoms with van der Waals surface area (Å²) in [7, 11) is 1.73. The molecule has 0 radical (unpaired) electrons. The number of ether oxygens (including phenoxy) is 2. The highest BCUT2D eigenvalue weighted by molar-refractivity contribution is 4.84. The number of piperidine rings is 1. The van der Waals surface area contributed by atoms with E-state index in [2.05, 4.69) is 5.32 Å². The van der Waals surface area contributed by atoms with Crippen molar-refractivity contribution in [3.8, 4) is 0 Å². The summed E-state index contributed by atoms with van der Waals surface area (Å²) in [5, 5.41) is 3.37. The molecule has 0 aromatic heterocycles. The quantitative estimate of drug-likeness (QED) is 0.590. The van der Waals surface area contributed by atoms with Gasteiger partial charge < -0.3 is 14.8 Å². The fourth-order valence-corrected chi connectivity index (χ4v) is 2.07. The van der Waals surface area contributed by atoms with Gasteiger partial charge in [0.05, 0.1) is 6.61 Å². The second kappa shape index (κ2) is 3.09. The van der Waals surface area contributed by atoms with E-state index in [0.717, 1.165) is 19.7 Å². The zero-order valence-electron chi connectivity index (χ0n) is 6.88. The van der Waals surface area contributed by atoms with Crippen LogP contribution in [0, 0.1) is 11.8 Å². The normalized spacial score (nSPS) is 43.9. The molecule has 2 heterocycles. The van der Waals surface area contributed by atoms with E-state index in [0.29, 0.717) is 11.8 Å². The van der Waals surface area contributed by atoms with Crippen LogP contribution in [0.5, 0.6) is 0 Å². The molecule has 0 bridgehead atoms. The number of nitrogens with one attached hydrogen (secondary N) is 1. The van der Waals surface area contributed by atoms with Crippen molar-refractivity contribution in [1.82, 2.24) is 5.32 Å². The van der Waals surface area contributed by atoms with Gasteiger partial charge in [-0.05, 0) is 13.0 Å². The summed E-state index contributed by atoms with van der Waals surface area (Å²) < 4.78 is 10.7. The first-order valence-corrected chi connectivity index (χ1v) is 4.27. The third kappa shape index (κ3) is 1.28. The highest BCUT2D eigenvalue weighted by atomic mass is 16.7. The predicted molar refractivity (Wildman–Crippen MR) is 41.2 cm³/mol. The Bertz CT molecular complexity index is 134. The third-order valence-electron chi connectivity index (χ3n) is 2.72. The maximum absolute atomic E-state index is 5.49. The van der Waals surface area contributed by atoms with Gasteiger partial charge in [0.15, 0.2) is 6.29 Å². The number of rotatable bonds is 1. The Kier molecular flexibility index (Phi) is 2.11. The van der Waals surface area contributed by atoms with Gasteiger partial charge in [-0.2, -0.15) is 0 Å². The minimum atomic E-state index is 0.0714. The Morgan fingerprint density at radius 1 is 1.55 bits per heavy atom. The SMILES string of the molecule is COC1OCC2CNCCC21. The Hall–Kier alpha value is -0.120. The average Bonchev–Trinajstić information content (AvgIpc) is 2.47. The largest absolute Gasteiger partial charge is 0.356 e. The maximum atomic E-state index is 5.49. The lowest BCUT2D eigenvalue weighted by Gasteiger charge is -2.26. The molecule has 3 nitrogen and oxygen atoms in total. The first-order chi connectivity index (χ1) is 5.42. The summed E-state index contributed by atoms with van der Waals surface area (Å²) in [6.07, 6.45) is 1.27. The molecule has 3 unspecified atom stereocenters. The van der Waals surface area contributed by atoms with Crippen molar-refractivity contribution in [1.29, 1.82) is 0 Å². The Morgan fingerprint density at radius 3 is 3.27 bits per heavy atom. The van der Waals surface area contributed by atoms with Gasteiger partial charge in [0.25, 0.3) is 0 Å². The van der Waals surface area contributed by atoms with Crippen molar-refractivity contribution in [2.45, 2.75) is 12.7 Å². The van der Waals surface area contributed by atoms with E-state index in [9.17, 15) is 0 Å². The molecule has 2 saturated heterocycles. The van der Waals surface area contributed by atoms with Gasteiger partial charge in [-0.25, -0.2) is 0 Å². The van der Waals surface area contributed by atoms with E-state index in [1.165, 1.54) is 6.42 Å². The lowest BCUT2D eigenvalue weighted by molar-refractivity contribution is -0.111. The number of methoxy groups -OCH3 is 1. The molecule has 0 spiro atoms. The molecule has 0 amide bonds. The summed E-state index contributed by atoms with van der Waals surface area (Å²) in [4.78, 5) is 0. The Balaban J connectivity index is 1.98. The van der Waals surface area contributed by atoms with Gasteiger partial charge >= 0.3 is 0 Å². The van der Waals surface area contributed by atoms with Gasteiger partial charge in [0.2, 0.25) is 0 Å². The number of hydrogen-bond donors (Lipinski definition) is 1. The molecule has 0 aromatic carbocycles. The summed E-state index contributed by atoms with van der Waals surface area (Å²) in [6, 6.07) is 0. The van der Waals surface area contributed by atoms with E-state index < -0.39 is 0 Å². The molecule has 2 aliphatic heterocycles. The average molecular weight is 157 g/mol. The van der Waals surface area contributed by atoms with Crippen LogP contribution in [-0.4, -0.2) is 33.1 Å². The fourth-order valence-electron chi connectivity index (χ4n) is 2.07. The van der Waals surface area contributed by atoms with Crippen molar-refractivity contribution in [2.75, 3.05) is 26.8 Å². The molecule has 2 aliphatic rings.